The van der Waals surface area contributed by atoms with E-state index in [0.717, 1.165) is 5.56 Å². The molecule has 0 heterocycles. The molecule has 4 nitrogen and oxygen atoms in total. The molecule has 3 rings (SSSR count). The van der Waals surface area contributed by atoms with Crippen molar-refractivity contribution in [3.8, 4) is 5.75 Å². The molecule has 138 valence electrons. The summed E-state index contributed by atoms with van der Waals surface area (Å²) in [6, 6.07) is 18.6. The number of aromatic carboxylic acids is 1. The lowest BCUT2D eigenvalue weighted by molar-refractivity contribution is 0.0697. The van der Waals surface area contributed by atoms with Crippen molar-refractivity contribution in [3.05, 3.63) is 94.3 Å². The van der Waals surface area contributed by atoms with Crippen LogP contribution in [0.4, 0.5) is 10.1 Å². The average Bonchev–Trinajstić information content (AvgIpc) is 2.66. The minimum Gasteiger partial charge on any atom is -0.489 e. The van der Waals surface area contributed by atoms with Crippen molar-refractivity contribution < 1.29 is 19.0 Å². The number of nitrogens with one attached hydrogen (secondary N) is 1. The highest BCUT2D eigenvalue weighted by Crippen LogP contribution is 2.22. The molecule has 0 aliphatic rings. The Morgan fingerprint density at radius 1 is 1.07 bits per heavy atom. The van der Waals surface area contributed by atoms with Crippen LogP contribution in [0.3, 0.4) is 0 Å². The highest BCUT2D eigenvalue weighted by Gasteiger charge is 2.09. The lowest BCUT2D eigenvalue weighted by atomic mass is 10.2. The third-order valence-electron chi connectivity index (χ3n) is 3.95. The van der Waals surface area contributed by atoms with Crippen LogP contribution in [0.15, 0.2) is 66.7 Å². The Labute approximate surface area is 161 Å². The topological polar surface area (TPSA) is 58.6 Å². The zero-order valence-electron chi connectivity index (χ0n) is 14.3. The van der Waals surface area contributed by atoms with Gasteiger partial charge in [0.1, 0.15) is 18.2 Å². The van der Waals surface area contributed by atoms with Gasteiger partial charge in [0.2, 0.25) is 0 Å². The van der Waals surface area contributed by atoms with Gasteiger partial charge in [-0.3, -0.25) is 0 Å². The summed E-state index contributed by atoms with van der Waals surface area (Å²) in [7, 11) is 0. The first-order valence-electron chi connectivity index (χ1n) is 8.25. The number of anilines is 1. The lowest BCUT2D eigenvalue weighted by Crippen LogP contribution is -2.03. The third kappa shape index (κ3) is 4.99. The monoisotopic (exact) mass is 385 g/mol. The van der Waals surface area contributed by atoms with Crippen molar-refractivity contribution in [1.82, 2.24) is 0 Å². The second kappa shape index (κ2) is 8.56. The van der Waals surface area contributed by atoms with Crippen LogP contribution in [0.2, 0.25) is 5.02 Å². The molecule has 0 aliphatic carbocycles. The zero-order chi connectivity index (χ0) is 19.2. The van der Waals surface area contributed by atoms with Gasteiger partial charge in [0, 0.05) is 17.8 Å². The number of carboxylic acid groups (broad SMARTS) is 1. The van der Waals surface area contributed by atoms with E-state index < -0.39 is 5.97 Å². The van der Waals surface area contributed by atoms with E-state index in [9.17, 15) is 9.18 Å². The normalized spacial score (nSPS) is 10.4. The van der Waals surface area contributed by atoms with E-state index >= 15 is 0 Å². The molecule has 0 radical (unpaired) electrons. The van der Waals surface area contributed by atoms with Gasteiger partial charge in [0.05, 0.1) is 10.6 Å². The van der Waals surface area contributed by atoms with Crippen LogP contribution in [0.1, 0.15) is 21.5 Å². The maximum absolute atomic E-state index is 13.7. The Morgan fingerprint density at radius 2 is 1.89 bits per heavy atom. The van der Waals surface area contributed by atoms with Gasteiger partial charge in [-0.2, -0.15) is 0 Å². The van der Waals surface area contributed by atoms with E-state index in [0.29, 0.717) is 23.5 Å². The highest BCUT2D eigenvalue weighted by molar-refractivity contribution is 6.33. The summed E-state index contributed by atoms with van der Waals surface area (Å²) in [6.45, 7) is 0.648. The Morgan fingerprint density at radius 3 is 2.63 bits per heavy atom. The molecular weight excluding hydrogens is 369 g/mol. The van der Waals surface area contributed by atoms with E-state index in [-0.39, 0.29) is 23.0 Å². The number of hydrogen-bond acceptors (Lipinski definition) is 3. The second-order valence-electron chi connectivity index (χ2n) is 5.88. The molecule has 0 fully saturated rings. The molecule has 0 bridgehead atoms. The minimum absolute atomic E-state index is 0.0609. The maximum atomic E-state index is 13.7. The fourth-order valence-electron chi connectivity index (χ4n) is 2.52. The van der Waals surface area contributed by atoms with Crippen LogP contribution in [-0.4, -0.2) is 11.1 Å². The van der Waals surface area contributed by atoms with Gasteiger partial charge in [-0.1, -0.05) is 41.9 Å². The highest BCUT2D eigenvalue weighted by atomic mass is 35.5. The maximum Gasteiger partial charge on any atom is 0.337 e. The summed E-state index contributed by atoms with van der Waals surface area (Å²) in [4.78, 5) is 11.0. The predicted molar refractivity (Wildman–Crippen MR) is 103 cm³/mol. The van der Waals surface area contributed by atoms with Crippen LogP contribution in [-0.2, 0) is 13.2 Å². The summed E-state index contributed by atoms with van der Waals surface area (Å²) in [6.07, 6.45) is 0. The van der Waals surface area contributed by atoms with Crippen molar-refractivity contribution in [2.24, 2.45) is 0 Å². The number of hydrogen-bond donors (Lipinski definition) is 2. The van der Waals surface area contributed by atoms with Crippen LogP contribution >= 0.6 is 11.6 Å². The average molecular weight is 386 g/mol. The van der Waals surface area contributed by atoms with Gasteiger partial charge in [-0.25, -0.2) is 9.18 Å². The fraction of sp³-hybridized carbons (Fsp3) is 0.0952. The van der Waals surface area contributed by atoms with Gasteiger partial charge in [0.25, 0.3) is 0 Å². The van der Waals surface area contributed by atoms with E-state index in [4.69, 9.17) is 21.4 Å². The first-order valence-corrected chi connectivity index (χ1v) is 8.62. The predicted octanol–water partition coefficient (Wildman–Crippen LogP) is 5.37. The van der Waals surface area contributed by atoms with Gasteiger partial charge < -0.3 is 15.2 Å². The fourth-order valence-corrected chi connectivity index (χ4v) is 2.79. The SMILES string of the molecule is O=C(O)c1ccc(NCc2cccc(OCc3ccccc3F)c2)cc1Cl. The van der Waals surface area contributed by atoms with Crippen molar-refractivity contribution in [2.75, 3.05) is 5.32 Å². The summed E-state index contributed by atoms with van der Waals surface area (Å²) < 4.78 is 19.3. The Hall–Kier alpha value is -3.05. The molecule has 3 aromatic carbocycles. The van der Waals surface area contributed by atoms with Gasteiger partial charge in [0.15, 0.2) is 0 Å². The Bertz CT molecular complexity index is 962. The quantitative estimate of drug-likeness (QED) is 0.574. The number of halogens is 2. The van der Waals surface area contributed by atoms with Gasteiger partial charge in [-0.15, -0.1) is 0 Å². The number of rotatable bonds is 7. The second-order valence-corrected chi connectivity index (χ2v) is 6.29. The zero-order valence-corrected chi connectivity index (χ0v) is 15.0. The first-order chi connectivity index (χ1) is 13.0. The number of carbonyl (C=O) groups is 1. The molecule has 27 heavy (non-hydrogen) atoms. The number of ether oxygens (including phenoxy) is 1. The largest absolute Gasteiger partial charge is 0.489 e. The molecule has 3 aromatic rings. The lowest BCUT2D eigenvalue weighted by Gasteiger charge is -2.11. The van der Waals surface area contributed by atoms with E-state index in [2.05, 4.69) is 5.32 Å². The summed E-state index contributed by atoms with van der Waals surface area (Å²) in [5.41, 5.74) is 2.22. The molecule has 6 heteroatoms. The smallest absolute Gasteiger partial charge is 0.337 e. The first kappa shape index (κ1) is 18.7. The van der Waals surface area contributed by atoms with E-state index in [1.165, 1.54) is 12.1 Å². The van der Waals surface area contributed by atoms with E-state index in [1.54, 1.807) is 30.3 Å². The molecule has 0 unspecified atom stereocenters. The van der Waals surface area contributed by atoms with Gasteiger partial charge >= 0.3 is 5.97 Å². The molecule has 0 aliphatic heterocycles. The molecule has 2 N–H and O–H groups in total. The number of carboxylic acids is 1. The molecular formula is C21H17ClFNO3. The van der Waals surface area contributed by atoms with E-state index in [1.807, 2.05) is 24.3 Å². The van der Waals surface area contributed by atoms with Crippen molar-refractivity contribution in [3.63, 3.8) is 0 Å². The summed E-state index contributed by atoms with van der Waals surface area (Å²) in [5, 5.41) is 12.4. The summed E-state index contributed by atoms with van der Waals surface area (Å²) >= 11 is 5.97. The molecule has 0 atom stereocenters. The number of benzene rings is 3. The molecule has 0 aromatic heterocycles. The van der Waals surface area contributed by atoms with Crippen LogP contribution in [0, 0.1) is 5.82 Å². The van der Waals surface area contributed by atoms with Crippen LogP contribution in [0.5, 0.6) is 5.75 Å². The van der Waals surface area contributed by atoms with Gasteiger partial charge in [-0.05, 0) is 42.0 Å². The molecule has 0 saturated carbocycles. The van der Waals surface area contributed by atoms with Crippen molar-refractivity contribution in [1.29, 1.82) is 0 Å². The Balaban J connectivity index is 1.61. The molecule has 0 saturated heterocycles. The standard InChI is InChI=1S/C21H17ClFNO3/c22-19-11-16(8-9-18(19)21(25)26)24-12-14-4-3-6-17(10-14)27-13-15-5-1-2-7-20(15)23/h1-11,24H,12-13H2,(H,25,26). The van der Waals surface area contributed by atoms with Crippen molar-refractivity contribution in [2.45, 2.75) is 13.2 Å². The van der Waals surface area contributed by atoms with Crippen LogP contribution in [0.25, 0.3) is 0 Å². The van der Waals surface area contributed by atoms with Crippen molar-refractivity contribution >= 4 is 23.3 Å². The van der Waals surface area contributed by atoms with Crippen LogP contribution < -0.4 is 10.1 Å². The third-order valence-corrected chi connectivity index (χ3v) is 4.26. The Kier molecular flexibility index (Phi) is 5.94. The summed E-state index contributed by atoms with van der Waals surface area (Å²) in [5.74, 6) is -0.722. The minimum atomic E-state index is -1.06. The molecule has 0 amide bonds. The molecule has 0 spiro atoms.